The Kier molecular flexibility index (Phi) is 2.09. The van der Waals surface area contributed by atoms with Crippen molar-refractivity contribution in [2.45, 2.75) is 6.54 Å². The zero-order valence-corrected chi connectivity index (χ0v) is 13.9. The molecule has 4 nitrogen and oxygen atoms in total. The Labute approximate surface area is 154 Å². The highest BCUT2D eigenvalue weighted by molar-refractivity contribution is 6.03. The fourth-order valence-corrected chi connectivity index (χ4v) is 4.16. The van der Waals surface area contributed by atoms with Crippen molar-refractivity contribution in [1.82, 2.24) is 14.1 Å². The summed E-state index contributed by atoms with van der Waals surface area (Å²) in [6, 6.07) is 21.9. The van der Waals surface area contributed by atoms with Gasteiger partial charge in [0.15, 0.2) is 0 Å². The molecule has 0 saturated heterocycles. The molecule has 1 aliphatic heterocycles. The maximum atomic E-state index is 8.24. The first-order valence-corrected chi connectivity index (χ1v) is 8.63. The molecule has 0 saturated carbocycles. The molecule has 5 aromatic rings. The summed E-state index contributed by atoms with van der Waals surface area (Å²) in [7, 11) is 0. The third-order valence-electron chi connectivity index (χ3n) is 5.22. The summed E-state index contributed by atoms with van der Waals surface area (Å²) in [5, 5.41) is 0. The van der Waals surface area contributed by atoms with Crippen molar-refractivity contribution in [3.63, 3.8) is 0 Å². The number of para-hydroxylation sites is 1. The van der Waals surface area contributed by atoms with Crippen LogP contribution < -0.4 is 4.57 Å². The van der Waals surface area contributed by atoms with E-state index >= 15 is 0 Å². The zero-order valence-electron chi connectivity index (χ0n) is 16.9. The van der Waals surface area contributed by atoms with E-state index in [1.54, 1.807) is 12.3 Å². The van der Waals surface area contributed by atoms with Crippen LogP contribution >= 0.6 is 0 Å². The summed E-state index contributed by atoms with van der Waals surface area (Å²) in [6.07, 6.45) is 1.72. The van der Waals surface area contributed by atoms with Crippen LogP contribution in [0.25, 0.3) is 39.3 Å². The van der Waals surface area contributed by atoms with Gasteiger partial charge in [-0.05, 0) is 30.3 Å². The minimum Gasteiger partial charge on any atom is -0.257 e. The maximum absolute atomic E-state index is 8.24. The van der Waals surface area contributed by atoms with E-state index < -0.39 is 6.98 Å². The lowest BCUT2D eigenvalue weighted by molar-refractivity contribution is -0.648. The van der Waals surface area contributed by atoms with E-state index in [1.807, 2.05) is 48.5 Å². The fraction of sp³-hybridized carbons (Fsp3) is 0.0909. The van der Waals surface area contributed by atoms with Gasteiger partial charge < -0.3 is 0 Å². The second-order valence-corrected chi connectivity index (χ2v) is 6.62. The Morgan fingerprint density at radius 2 is 1.85 bits per heavy atom. The fourth-order valence-electron chi connectivity index (χ4n) is 4.16. The standard InChI is InChI=1S/C22H17N4/c1-24-18-12-7-13-23-19(18)20-22(24)25-14-15-8-5-6-11-17(15)21(25)26(20)16-9-3-2-4-10-16/h2-13H,14H2,1H3/q+1/i1D3. The predicted molar refractivity (Wildman–Crippen MR) is 102 cm³/mol. The molecule has 0 N–H and O–H groups in total. The number of rotatable bonds is 1. The smallest absolute Gasteiger partial charge is 0.257 e. The first-order valence-electron chi connectivity index (χ1n) is 10.1. The Morgan fingerprint density at radius 1 is 1.00 bits per heavy atom. The van der Waals surface area contributed by atoms with Gasteiger partial charge in [0.1, 0.15) is 16.7 Å². The Bertz CT molecular complexity index is 1410. The third-order valence-corrected chi connectivity index (χ3v) is 5.22. The van der Waals surface area contributed by atoms with Gasteiger partial charge in [0.05, 0.1) is 23.2 Å². The van der Waals surface area contributed by atoms with E-state index in [9.17, 15) is 0 Å². The van der Waals surface area contributed by atoms with Gasteiger partial charge in [-0.1, -0.05) is 36.4 Å². The molecule has 0 aliphatic carbocycles. The molecule has 2 aromatic carbocycles. The minimum absolute atomic E-state index is 0.619. The Morgan fingerprint density at radius 3 is 2.73 bits per heavy atom. The van der Waals surface area contributed by atoms with Crippen LogP contribution in [0.15, 0.2) is 72.9 Å². The number of aromatic nitrogens is 4. The van der Waals surface area contributed by atoms with Gasteiger partial charge >= 0.3 is 0 Å². The van der Waals surface area contributed by atoms with Crippen LogP contribution in [-0.2, 0) is 13.5 Å². The summed E-state index contributed by atoms with van der Waals surface area (Å²) < 4.78 is 30.4. The topological polar surface area (TPSA) is 26.6 Å². The number of hydrogen-bond donors (Lipinski definition) is 0. The van der Waals surface area contributed by atoms with E-state index in [0.717, 1.165) is 22.6 Å². The second-order valence-electron chi connectivity index (χ2n) is 6.62. The molecule has 0 amide bonds. The molecule has 0 atom stereocenters. The molecule has 3 aromatic heterocycles. The molecule has 26 heavy (non-hydrogen) atoms. The molecule has 4 heterocycles. The number of pyridine rings is 1. The SMILES string of the molecule is [2H]C([2H])([2H])n1c2cccnc2c2c1[n+]1c(n2-c2ccccc2)-c2ccccc2C1. The van der Waals surface area contributed by atoms with Gasteiger partial charge in [0.25, 0.3) is 5.65 Å². The highest BCUT2D eigenvalue weighted by Crippen LogP contribution is 2.36. The molecule has 0 fully saturated rings. The normalized spacial score (nSPS) is 14.8. The summed E-state index contributed by atoms with van der Waals surface area (Å²) in [5.41, 5.74) is 6.10. The lowest BCUT2D eigenvalue weighted by atomic mass is 10.1. The van der Waals surface area contributed by atoms with Crippen molar-refractivity contribution >= 4 is 22.2 Å². The first-order chi connectivity index (χ1) is 14.1. The predicted octanol–water partition coefficient (Wildman–Crippen LogP) is 3.83. The summed E-state index contributed by atoms with van der Waals surface area (Å²) >= 11 is 0. The average Bonchev–Trinajstić information content (AvgIpc) is 3.34. The van der Waals surface area contributed by atoms with Crippen LogP contribution in [0.4, 0.5) is 0 Å². The van der Waals surface area contributed by atoms with Crippen molar-refractivity contribution in [3.05, 3.63) is 78.5 Å². The number of hydrogen-bond acceptors (Lipinski definition) is 1. The highest BCUT2D eigenvalue weighted by atomic mass is 15.3. The van der Waals surface area contributed by atoms with E-state index in [-0.39, 0.29) is 0 Å². The van der Waals surface area contributed by atoms with Gasteiger partial charge in [0, 0.05) is 11.8 Å². The summed E-state index contributed by atoms with van der Waals surface area (Å²) in [5.74, 6) is 0.988. The summed E-state index contributed by atoms with van der Waals surface area (Å²) in [4.78, 5) is 4.59. The van der Waals surface area contributed by atoms with Crippen molar-refractivity contribution in [3.8, 4) is 17.1 Å². The van der Waals surface area contributed by atoms with Gasteiger partial charge in [-0.2, -0.15) is 0 Å². The quantitative estimate of drug-likeness (QED) is 0.418. The molecule has 0 radical (unpaired) electrons. The minimum atomic E-state index is -2.32. The molecule has 124 valence electrons. The van der Waals surface area contributed by atoms with Crippen LogP contribution in [0.3, 0.4) is 0 Å². The van der Waals surface area contributed by atoms with Crippen LogP contribution in [0, 0.1) is 0 Å². The van der Waals surface area contributed by atoms with Gasteiger partial charge in [-0.3, -0.25) is 4.57 Å². The molecule has 1 aliphatic rings. The van der Waals surface area contributed by atoms with Gasteiger partial charge in [-0.15, -0.1) is 0 Å². The maximum Gasteiger partial charge on any atom is 0.271 e. The van der Waals surface area contributed by atoms with Crippen molar-refractivity contribution in [2.24, 2.45) is 6.98 Å². The van der Waals surface area contributed by atoms with Gasteiger partial charge in [-0.25, -0.2) is 14.1 Å². The summed E-state index contributed by atoms with van der Waals surface area (Å²) in [6.45, 7) is -1.68. The number of benzene rings is 2. The largest absolute Gasteiger partial charge is 0.271 e. The highest BCUT2D eigenvalue weighted by Gasteiger charge is 2.36. The average molecular weight is 340 g/mol. The van der Waals surface area contributed by atoms with Crippen molar-refractivity contribution in [2.75, 3.05) is 0 Å². The monoisotopic (exact) mass is 340 g/mol. The molecule has 0 unspecified atom stereocenters. The first kappa shape index (κ1) is 11.3. The number of fused-ring (bicyclic) bond motifs is 7. The number of aryl methyl sites for hydroxylation is 1. The molecule has 6 rings (SSSR count). The van der Waals surface area contributed by atoms with Crippen LogP contribution in [0.1, 0.15) is 9.68 Å². The molecule has 0 bridgehead atoms. The van der Waals surface area contributed by atoms with E-state index in [2.05, 4.69) is 26.3 Å². The second kappa shape index (κ2) is 4.82. The van der Waals surface area contributed by atoms with Crippen molar-refractivity contribution < 1.29 is 8.68 Å². The van der Waals surface area contributed by atoms with E-state index in [0.29, 0.717) is 23.2 Å². The van der Waals surface area contributed by atoms with Crippen LogP contribution in [0.5, 0.6) is 0 Å². The molecule has 0 spiro atoms. The third kappa shape index (κ3) is 1.59. The van der Waals surface area contributed by atoms with Crippen molar-refractivity contribution in [1.29, 1.82) is 0 Å². The lowest BCUT2D eigenvalue weighted by Gasteiger charge is -2.04. The number of nitrogens with zero attached hydrogens (tertiary/aromatic N) is 4. The molecular weight excluding hydrogens is 320 g/mol. The Balaban J connectivity index is 1.89. The molecule has 4 heteroatoms. The van der Waals surface area contributed by atoms with E-state index in [4.69, 9.17) is 4.11 Å². The lowest BCUT2D eigenvalue weighted by Crippen LogP contribution is -2.33. The van der Waals surface area contributed by atoms with Crippen LogP contribution in [-0.4, -0.2) is 14.1 Å². The zero-order chi connectivity index (χ0) is 19.8. The molecular formula is C22H17N4+. The Hall–Kier alpha value is -3.40. The number of imidazole rings is 1. The van der Waals surface area contributed by atoms with Crippen LogP contribution in [0.2, 0.25) is 0 Å². The van der Waals surface area contributed by atoms with E-state index in [1.165, 1.54) is 10.1 Å². The van der Waals surface area contributed by atoms with Gasteiger partial charge in [0.2, 0.25) is 11.3 Å².